The van der Waals surface area contributed by atoms with Crippen LogP contribution >= 0.6 is 22.9 Å². The van der Waals surface area contributed by atoms with Gasteiger partial charge in [-0.25, -0.2) is 9.97 Å². The van der Waals surface area contributed by atoms with E-state index >= 15 is 0 Å². The number of hydrogen-bond donors (Lipinski definition) is 0. The van der Waals surface area contributed by atoms with Gasteiger partial charge in [-0.15, -0.1) is 11.3 Å². The van der Waals surface area contributed by atoms with Crippen LogP contribution in [0.3, 0.4) is 0 Å². The Bertz CT molecular complexity index is 1160. The maximum absolute atomic E-state index is 13.6. The topological polar surface area (TPSA) is 75.5 Å². The minimum absolute atomic E-state index is 0.110. The van der Waals surface area contributed by atoms with E-state index in [1.54, 1.807) is 0 Å². The molecule has 0 saturated carbocycles. The summed E-state index contributed by atoms with van der Waals surface area (Å²) in [6.07, 6.45) is 2.84. The SMILES string of the molecule is CCCc1cc(Cl)sc1C(=O)[C@H]1O[C@@H](n2ccc3c(C)ncnc32)[C@@H]2OC(C)(C)O[C@@H]21. The van der Waals surface area contributed by atoms with Gasteiger partial charge in [0.2, 0.25) is 5.78 Å². The van der Waals surface area contributed by atoms with Gasteiger partial charge >= 0.3 is 0 Å². The van der Waals surface area contributed by atoms with Crippen LogP contribution in [0.1, 0.15) is 54.3 Å². The van der Waals surface area contributed by atoms with E-state index in [0.717, 1.165) is 35.1 Å². The minimum atomic E-state index is -0.816. The fourth-order valence-electron chi connectivity index (χ4n) is 4.50. The molecule has 0 unspecified atom stereocenters. The van der Waals surface area contributed by atoms with Gasteiger partial charge in [-0.05, 0) is 44.9 Å². The van der Waals surface area contributed by atoms with Crippen LogP contribution in [0, 0.1) is 6.92 Å². The van der Waals surface area contributed by atoms with E-state index in [2.05, 4.69) is 16.9 Å². The third-order valence-corrected chi connectivity index (χ3v) is 7.11. The van der Waals surface area contributed by atoms with Gasteiger partial charge in [0.1, 0.15) is 24.2 Å². The van der Waals surface area contributed by atoms with E-state index in [0.29, 0.717) is 9.21 Å². The van der Waals surface area contributed by atoms with Gasteiger partial charge in [0.25, 0.3) is 0 Å². The number of carbonyl (C=O) groups is 1. The Balaban J connectivity index is 1.54. The monoisotopic (exact) mass is 461 g/mol. The first kappa shape index (κ1) is 21.0. The van der Waals surface area contributed by atoms with Crippen LogP contribution in [0.4, 0.5) is 0 Å². The maximum Gasteiger partial charge on any atom is 0.204 e. The molecule has 31 heavy (non-hydrogen) atoms. The molecule has 5 heterocycles. The Morgan fingerprint density at radius 3 is 2.84 bits per heavy atom. The summed E-state index contributed by atoms with van der Waals surface area (Å²) in [7, 11) is 0. The largest absolute Gasteiger partial charge is 0.341 e. The fraction of sp³-hybridized carbons (Fsp3) is 0.500. The molecule has 2 fully saturated rings. The first-order valence-electron chi connectivity index (χ1n) is 10.4. The molecule has 4 atom stereocenters. The lowest BCUT2D eigenvalue weighted by Gasteiger charge is -2.24. The summed E-state index contributed by atoms with van der Waals surface area (Å²) in [5.74, 6) is -0.926. The molecule has 5 rings (SSSR count). The highest BCUT2D eigenvalue weighted by atomic mass is 35.5. The molecule has 2 aliphatic rings. The molecule has 9 heteroatoms. The number of ether oxygens (including phenoxy) is 3. The molecule has 0 aromatic carbocycles. The third kappa shape index (κ3) is 3.50. The van der Waals surface area contributed by atoms with Crippen LogP contribution < -0.4 is 0 Å². The first-order valence-corrected chi connectivity index (χ1v) is 11.6. The average Bonchev–Trinajstić information content (AvgIpc) is 3.44. The Morgan fingerprint density at radius 2 is 2.06 bits per heavy atom. The summed E-state index contributed by atoms with van der Waals surface area (Å²) in [6, 6.07) is 3.83. The molecule has 164 valence electrons. The minimum Gasteiger partial charge on any atom is -0.341 e. The molecule has 7 nitrogen and oxygen atoms in total. The highest BCUT2D eigenvalue weighted by Crippen LogP contribution is 2.45. The van der Waals surface area contributed by atoms with Crippen molar-refractivity contribution >= 4 is 39.8 Å². The molecule has 0 spiro atoms. The van der Waals surface area contributed by atoms with E-state index in [9.17, 15) is 4.79 Å². The Kier molecular flexibility index (Phi) is 5.18. The number of hydrogen-bond acceptors (Lipinski definition) is 7. The van der Waals surface area contributed by atoms with Gasteiger partial charge in [0, 0.05) is 11.6 Å². The number of thiophene rings is 1. The number of nitrogens with zero attached hydrogens (tertiary/aromatic N) is 3. The Morgan fingerprint density at radius 1 is 1.29 bits per heavy atom. The number of rotatable bonds is 5. The van der Waals surface area contributed by atoms with Crippen LogP contribution in [0.25, 0.3) is 11.0 Å². The second-order valence-corrected chi connectivity index (χ2v) is 10.1. The van der Waals surface area contributed by atoms with Crippen molar-refractivity contribution in [2.24, 2.45) is 0 Å². The van der Waals surface area contributed by atoms with Crippen molar-refractivity contribution in [2.45, 2.75) is 70.9 Å². The molecular weight excluding hydrogens is 438 g/mol. The predicted octanol–water partition coefficient (Wildman–Crippen LogP) is 4.71. The molecule has 0 aliphatic carbocycles. The predicted molar refractivity (Wildman–Crippen MR) is 118 cm³/mol. The Labute approximate surface area is 189 Å². The molecule has 2 aliphatic heterocycles. The zero-order valence-corrected chi connectivity index (χ0v) is 19.4. The summed E-state index contributed by atoms with van der Waals surface area (Å²) in [5.41, 5.74) is 2.58. The van der Waals surface area contributed by atoms with Crippen molar-refractivity contribution < 1.29 is 19.0 Å². The van der Waals surface area contributed by atoms with Gasteiger partial charge in [-0.3, -0.25) is 4.79 Å². The molecule has 3 aromatic rings. The highest BCUT2D eigenvalue weighted by Gasteiger charge is 2.58. The van der Waals surface area contributed by atoms with E-state index < -0.39 is 30.3 Å². The van der Waals surface area contributed by atoms with Crippen LogP contribution in [0.5, 0.6) is 0 Å². The molecule has 0 N–H and O–H groups in total. The van der Waals surface area contributed by atoms with E-state index in [1.165, 1.54) is 17.7 Å². The molecule has 0 amide bonds. The third-order valence-electron chi connectivity index (χ3n) is 5.79. The van der Waals surface area contributed by atoms with Gasteiger partial charge < -0.3 is 18.8 Å². The summed E-state index contributed by atoms with van der Waals surface area (Å²) in [5, 5.41) is 0.936. The average molecular weight is 462 g/mol. The normalized spacial score (nSPS) is 27.1. The van der Waals surface area contributed by atoms with Crippen molar-refractivity contribution in [1.82, 2.24) is 14.5 Å². The number of carbonyl (C=O) groups excluding carboxylic acids is 1. The Hall–Kier alpha value is -1.84. The maximum atomic E-state index is 13.6. The summed E-state index contributed by atoms with van der Waals surface area (Å²) in [6.45, 7) is 7.73. The lowest BCUT2D eigenvalue weighted by Crippen LogP contribution is -2.35. The number of aromatic nitrogens is 3. The lowest BCUT2D eigenvalue weighted by molar-refractivity contribution is -0.190. The smallest absolute Gasteiger partial charge is 0.204 e. The van der Waals surface area contributed by atoms with Crippen LogP contribution in [0.15, 0.2) is 24.7 Å². The van der Waals surface area contributed by atoms with Gasteiger partial charge in [0.15, 0.2) is 18.1 Å². The van der Waals surface area contributed by atoms with Gasteiger partial charge in [-0.1, -0.05) is 24.9 Å². The van der Waals surface area contributed by atoms with E-state index in [1.807, 2.05) is 43.7 Å². The number of halogens is 1. The zero-order chi connectivity index (χ0) is 21.9. The van der Waals surface area contributed by atoms with Crippen molar-refractivity contribution in [2.75, 3.05) is 0 Å². The summed E-state index contributed by atoms with van der Waals surface area (Å²) < 4.78 is 21.2. The van der Waals surface area contributed by atoms with Crippen molar-refractivity contribution in [3.63, 3.8) is 0 Å². The first-order chi connectivity index (χ1) is 14.8. The zero-order valence-electron chi connectivity index (χ0n) is 17.8. The van der Waals surface area contributed by atoms with Crippen molar-refractivity contribution in [3.8, 4) is 0 Å². The van der Waals surface area contributed by atoms with Gasteiger partial charge in [-0.2, -0.15) is 0 Å². The summed E-state index contributed by atoms with van der Waals surface area (Å²) in [4.78, 5) is 22.9. The molecule has 0 bridgehead atoms. The summed E-state index contributed by atoms with van der Waals surface area (Å²) >= 11 is 7.55. The number of fused-ring (bicyclic) bond motifs is 2. The number of ketones is 1. The van der Waals surface area contributed by atoms with Crippen molar-refractivity contribution in [3.05, 3.63) is 45.1 Å². The van der Waals surface area contributed by atoms with Crippen LogP contribution in [-0.4, -0.2) is 44.4 Å². The highest BCUT2D eigenvalue weighted by molar-refractivity contribution is 7.18. The van der Waals surface area contributed by atoms with E-state index in [4.69, 9.17) is 25.8 Å². The lowest BCUT2D eigenvalue weighted by atomic mass is 10.0. The van der Waals surface area contributed by atoms with Crippen molar-refractivity contribution in [1.29, 1.82) is 0 Å². The second kappa shape index (κ2) is 7.64. The molecule has 3 aromatic heterocycles. The van der Waals surface area contributed by atoms with Crippen LogP contribution in [0.2, 0.25) is 4.34 Å². The quantitative estimate of drug-likeness (QED) is 0.512. The number of aryl methyl sites for hydroxylation is 2. The molecule has 2 saturated heterocycles. The van der Waals surface area contributed by atoms with Crippen LogP contribution in [-0.2, 0) is 20.6 Å². The molecule has 0 radical (unpaired) electrons. The fourth-order valence-corrected chi connectivity index (χ4v) is 5.77. The van der Waals surface area contributed by atoms with Gasteiger partial charge in [0.05, 0.1) is 14.9 Å². The van der Waals surface area contributed by atoms with E-state index in [-0.39, 0.29) is 5.78 Å². The number of Topliss-reactive ketones (excluding diaryl/α,β-unsaturated/α-hetero) is 1. The standard InChI is InChI=1S/C22H24ClN3O4S/c1-5-6-12-9-14(23)31-19(12)15(27)16-17-18(30-22(3,4)29-17)21(28-16)26-8-7-13-11(2)24-10-25-20(13)26/h7-10,16-18,21H,5-6H2,1-4H3/t16-,17-,18-,21-/m1/s1. The molecular formula is C22H24ClN3O4S. The second-order valence-electron chi connectivity index (χ2n) is 8.45.